The van der Waals surface area contributed by atoms with Gasteiger partial charge in [0.25, 0.3) is 0 Å². The Labute approximate surface area is 113 Å². The van der Waals surface area contributed by atoms with Crippen LogP contribution in [0.2, 0.25) is 0 Å². The van der Waals surface area contributed by atoms with Gasteiger partial charge in [-0.1, -0.05) is 42.5 Å². The van der Waals surface area contributed by atoms with Gasteiger partial charge in [-0.05, 0) is 48.6 Å². The normalized spacial score (nSPS) is 23.1. The first-order valence-electron chi connectivity index (χ1n) is 6.77. The van der Waals surface area contributed by atoms with Crippen LogP contribution in [-0.2, 0) is 0 Å². The van der Waals surface area contributed by atoms with Gasteiger partial charge < -0.3 is 5.32 Å². The summed E-state index contributed by atoms with van der Waals surface area (Å²) in [5.74, 6) is 1.01. The predicted octanol–water partition coefficient (Wildman–Crippen LogP) is 3.89. The van der Waals surface area contributed by atoms with Crippen LogP contribution in [0.3, 0.4) is 0 Å². The molecule has 0 aromatic heterocycles. The molecule has 3 rings (SSSR count). The van der Waals surface area contributed by atoms with Crippen LogP contribution in [0.15, 0.2) is 54.6 Å². The van der Waals surface area contributed by atoms with Gasteiger partial charge in [0.05, 0.1) is 0 Å². The standard InChI is InChI=1S/C17H18FN/c1-19-17(13-8-5-9-14(18)10-13)16-11-15(16)12-6-3-2-4-7-12/h2-10,15-17,19H,11H2,1H3. The number of benzene rings is 2. The van der Waals surface area contributed by atoms with E-state index in [4.69, 9.17) is 0 Å². The number of halogens is 1. The monoisotopic (exact) mass is 255 g/mol. The minimum Gasteiger partial charge on any atom is -0.313 e. The van der Waals surface area contributed by atoms with Crippen molar-refractivity contribution in [3.63, 3.8) is 0 Å². The Balaban J connectivity index is 1.79. The largest absolute Gasteiger partial charge is 0.313 e. The van der Waals surface area contributed by atoms with E-state index in [1.807, 2.05) is 19.2 Å². The van der Waals surface area contributed by atoms with E-state index >= 15 is 0 Å². The summed E-state index contributed by atoms with van der Waals surface area (Å²) >= 11 is 0. The molecule has 1 fully saturated rings. The van der Waals surface area contributed by atoms with Gasteiger partial charge in [-0.25, -0.2) is 4.39 Å². The summed E-state index contributed by atoms with van der Waals surface area (Å²) < 4.78 is 13.3. The fourth-order valence-electron chi connectivity index (χ4n) is 2.99. The molecule has 1 N–H and O–H groups in total. The molecule has 3 atom stereocenters. The van der Waals surface area contributed by atoms with Crippen molar-refractivity contribution in [3.05, 3.63) is 71.5 Å². The Bertz CT molecular complexity index is 552. The second kappa shape index (κ2) is 5.14. The van der Waals surface area contributed by atoms with E-state index < -0.39 is 0 Å². The summed E-state index contributed by atoms with van der Waals surface area (Å²) in [6.45, 7) is 0. The van der Waals surface area contributed by atoms with E-state index in [0.29, 0.717) is 11.8 Å². The lowest BCUT2D eigenvalue weighted by Crippen LogP contribution is -2.19. The Morgan fingerprint density at radius 1 is 1.11 bits per heavy atom. The molecular formula is C17H18FN. The smallest absolute Gasteiger partial charge is 0.123 e. The maximum Gasteiger partial charge on any atom is 0.123 e. The average molecular weight is 255 g/mol. The van der Waals surface area contributed by atoms with E-state index in [2.05, 4.69) is 29.6 Å². The third-order valence-corrected chi connectivity index (χ3v) is 4.01. The second-order valence-corrected chi connectivity index (χ2v) is 5.24. The molecule has 2 aromatic carbocycles. The Hall–Kier alpha value is -1.67. The molecule has 2 heteroatoms. The average Bonchev–Trinajstić information content (AvgIpc) is 3.21. The highest BCUT2D eigenvalue weighted by Gasteiger charge is 2.43. The van der Waals surface area contributed by atoms with Gasteiger partial charge in [-0.2, -0.15) is 0 Å². The summed E-state index contributed by atoms with van der Waals surface area (Å²) in [5, 5.41) is 3.34. The van der Waals surface area contributed by atoms with Crippen LogP contribution >= 0.6 is 0 Å². The summed E-state index contributed by atoms with van der Waals surface area (Å²) in [4.78, 5) is 0. The molecule has 19 heavy (non-hydrogen) atoms. The molecule has 0 saturated heterocycles. The van der Waals surface area contributed by atoms with Crippen LogP contribution in [0.25, 0.3) is 0 Å². The van der Waals surface area contributed by atoms with Crippen LogP contribution in [0.5, 0.6) is 0 Å². The zero-order chi connectivity index (χ0) is 13.2. The number of nitrogens with one attached hydrogen (secondary N) is 1. The number of rotatable bonds is 4. The number of hydrogen-bond acceptors (Lipinski definition) is 1. The first-order valence-corrected chi connectivity index (χ1v) is 6.77. The van der Waals surface area contributed by atoms with Gasteiger partial charge in [0.1, 0.15) is 5.82 Å². The predicted molar refractivity (Wildman–Crippen MR) is 75.5 cm³/mol. The third kappa shape index (κ3) is 2.54. The second-order valence-electron chi connectivity index (χ2n) is 5.24. The molecular weight excluding hydrogens is 237 g/mol. The van der Waals surface area contributed by atoms with E-state index in [9.17, 15) is 4.39 Å². The molecule has 1 aliphatic rings. The molecule has 0 heterocycles. The fraction of sp³-hybridized carbons (Fsp3) is 0.294. The maximum absolute atomic E-state index is 13.3. The maximum atomic E-state index is 13.3. The van der Waals surface area contributed by atoms with Gasteiger partial charge in [0.15, 0.2) is 0 Å². The fourth-order valence-corrected chi connectivity index (χ4v) is 2.99. The highest BCUT2D eigenvalue weighted by Crippen LogP contribution is 2.53. The Kier molecular flexibility index (Phi) is 3.34. The van der Waals surface area contributed by atoms with Crippen molar-refractivity contribution in [3.8, 4) is 0 Å². The lowest BCUT2D eigenvalue weighted by atomic mass is 9.99. The molecule has 0 amide bonds. The van der Waals surface area contributed by atoms with Crippen LogP contribution in [0.1, 0.15) is 29.5 Å². The highest BCUT2D eigenvalue weighted by atomic mass is 19.1. The Morgan fingerprint density at radius 2 is 1.89 bits per heavy atom. The van der Waals surface area contributed by atoms with Crippen LogP contribution < -0.4 is 5.32 Å². The number of hydrogen-bond donors (Lipinski definition) is 1. The zero-order valence-corrected chi connectivity index (χ0v) is 11.0. The van der Waals surface area contributed by atoms with Crippen LogP contribution in [-0.4, -0.2) is 7.05 Å². The third-order valence-electron chi connectivity index (χ3n) is 4.01. The Morgan fingerprint density at radius 3 is 2.58 bits per heavy atom. The quantitative estimate of drug-likeness (QED) is 0.874. The first kappa shape index (κ1) is 12.4. The SMILES string of the molecule is CNC(c1cccc(F)c1)C1CC1c1ccccc1. The summed E-state index contributed by atoms with van der Waals surface area (Å²) in [5.41, 5.74) is 2.44. The summed E-state index contributed by atoms with van der Waals surface area (Å²) in [7, 11) is 1.95. The van der Waals surface area contributed by atoms with Gasteiger partial charge in [-0.15, -0.1) is 0 Å². The van der Waals surface area contributed by atoms with Crippen molar-refractivity contribution in [2.24, 2.45) is 5.92 Å². The summed E-state index contributed by atoms with van der Waals surface area (Å²) in [6.07, 6.45) is 1.17. The molecule has 0 bridgehead atoms. The van der Waals surface area contributed by atoms with Gasteiger partial charge in [-0.3, -0.25) is 0 Å². The lowest BCUT2D eigenvalue weighted by molar-refractivity contribution is 0.513. The highest BCUT2D eigenvalue weighted by molar-refractivity contribution is 5.30. The van der Waals surface area contributed by atoms with Crippen LogP contribution in [0.4, 0.5) is 4.39 Å². The molecule has 1 nitrogen and oxygen atoms in total. The van der Waals surface area contributed by atoms with Gasteiger partial charge in [0.2, 0.25) is 0 Å². The molecule has 3 unspecified atom stereocenters. The van der Waals surface area contributed by atoms with Crippen molar-refractivity contribution in [1.29, 1.82) is 0 Å². The van der Waals surface area contributed by atoms with Crippen molar-refractivity contribution < 1.29 is 4.39 Å². The lowest BCUT2D eigenvalue weighted by Gasteiger charge is -2.17. The van der Waals surface area contributed by atoms with Crippen molar-refractivity contribution in [2.75, 3.05) is 7.05 Å². The van der Waals surface area contributed by atoms with E-state index in [0.717, 1.165) is 5.56 Å². The zero-order valence-electron chi connectivity index (χ0n) is 11.0. The van der Waals surface area contributed by atoms with Crippen LogP contribution in [0, 0.1) is 11.7 Å². The van der Waals surface area contributed by atoms with Gasteiger partial charge in [0, 0.05) is 6.04 Å². The molecule has 1 aliphatic carbocycles. The molecule has 0 radical (unpaired) electrons. The molecule has 98 valence electrons. The molecule has 2 aromatic rings. The van der Waals surface area contributed by atoms with E-state index in [-0.39, 0.29) is 11.9 Å². The van der Waals surface area contributed by atoms with E-state index in [1.165, 1.54) is 18.1 Å². The van der Waals surface area contributed by atoms with Crippen molar-refractivity contribution in [1.82, 2.24) is 5.32 Å². The minimum atomic E-state index is -0.158. The minimum absolute atomic E-state index is 0.158. The topological polar surface area (TPSA) is 12.0 Å². The molecule has 0 aliphatic heterocycles. The summed E-state index contributed by atoms with van der Waals surface area (Å²) in [6, 6.07) is 17.7. The first-order chi connectivity index (χ1) is 9.29. The van der Waals surface area contributed by atoms with Crippen molar-refractivity contribution >= 4 is 0 Å². The van der Waals surface area contributed by atoms with Crippen molar-refractivity contribution in [2.45, 2.75) is 18.4 Å². The van der Waals surface area contributed by atoms with E-state index in [1.54, 1.807) is 12.1 Å². The molecule has 0 spiro atoms. The molecule has 1 saturated carbocycles. The van der Waals surface area contributed by atoms with Gasteiger partial charge >= 0.3 is 0 Å².